The Morgan fingerprint density at radius 2 is 2.30 bits per heavy atom. The lowest BCUT2D eigenvalue weighted by Crippen LogP contribution is -2.05. The Balaban J connectivity index is 2.10. The molecule has 0 spiro atoms. The average Bonchev–Trinajstić information content (AvgIpc) is 2.56. The van der Waals surface area contributed by atoms with E-state index in [0.29, 0.717) is 25.4 Å². The molecule has 1 N–H and O–H groups in total. The van der Waals surface area contributed by atoms with Gasteiger partial charge in [-0.3, -0.25) is 10.2 Å². The normalized spacial score (nSPS) is 18.3. The minimum Gasteiger partial charge on any atom is -0.466 e. The number of carbonyl (C=O) groups excluding carboxylic acids is 1. The summed E-state index contributed by atoms with van der Waals surface area (Å²) in [6, 6.07) is 6.39. The maximum atomic E-state index is 11.4. The van der Waals surface area contributed by atoms with Gasteiger partial charge in [-0.15, -0.1) is 0 Å². The summed E-state index contributed by atoms with van der Waals surface area (Å²) in [7, 11) is 0. The SMILES string of the molecule is CCOC(=O)CCc1ccc2c(c1)SC(=N)CCC2C. The van der Waals surface area contributed by atoms with E-state index in [2.05, 4.69) is 25.1 Å². The number of carbonyl (C=O) groups is 1. The summed E-state index contributed by atoms with van der Waals surface area (Å²) in [5, 5.41) is 8.67. The van der Waals surface area contributed by atoms with E-state index in [0.717, 1.165) is 23.4 Å². The van der Waals surface area contributed by atoms with E-state index in [1.54, 1.807) is 11.8 Å². The molecule has 20 heavy (non-hydrogen) atoms. The molecule has 1 unspecified atom stereocenters. The summed E-state index contributed by atoms with van der Waals surface area (Å²) in [5.41, 5.74) is 2.48. The second-order valence-electron chi connectivity index (χ2n) is 5.14. The van der Waals surface area contributed by atoms with Gasteiger partial charge in [0.2, 0.25) is 0 Å². The highest BCUT2D eigenvalue weighted by Gasteiger charge is 2.18. The molecule has 0 aliphatic carbocycles. The lowest BCUT2D eigenvalue weighted by Gasteiger charge is -2.12. The van der Waals surface area contributed by atoms with Gasteiger partial charge in [-0.2, -0.15) is 0 Å². The van der Waals surface area contributed by atoms with Crippen molar-refractivity contribution in [3.8, 4) is 0 Å². The van der Waals surface area contributed by atoms with Crippen molar-refractivity contribution >= 4 is 22.8 Å². The number of thioether (sulfide) groups is 1. The maximum absolute atomic E-state index is 11.4. The van der Waals surface area contributed by atoms with Crippen LogP contribution in [-0.4, -0.2) is 17.6 Å². The number of fused-ring (bicyclic) bond motifs is 1. The third kappa shape index (κ3) is 3.85. The molecule has 1 atom stereocenters. The first-order chi connectivity index (χ1) is 9.60. The molecule has 0 saturated heterocycles. The van der Waals surface area contributed by atoms with Gasteiger partial charge in [0, 0.05) is 11.3 Å². The molecule has 3 nitrogen and oxygen atoms in total. The van der Waals surface area contributed by atoms with Crippen molar-refractivity contribution in [2.24, 2.45) is 0 Å². The van der Waals surface area contributed by atoms with Gasteiger partial charge in [0.15, 0.2) is 0 Å². The number of esters is 1. The standard InChI is InChI=1S/C16H21NO2S/c1-3-19-16(18)9-6-12-5-7-13-11(2)4-8-15(17)20-14(13)10-12/h5,7,10-11,17H,3-4,6,8-9H2,1-2H3. The molecule has 2 rings (SSSR count). The topological polar surface area (TPSA) is 50.2 Å². The number of aryl methyl sites for hydroxylation is 1. The highest BCUT2D eigenvalue weighted by molar-refractivity contribution is 8.13. The van der Waals surface area contributed by atoms with Crippen LogP contribution in [0.2, 0.25) is 0 Å². The monoisotopic (exact) mass is 291 g/mol. The lowest BCUT2D eigenvalue weighted by atomic mass is 9.95. The zero-order chi connectivity index (χ0) is 14.5. The van der Waals surface area contributed by atoms with Gasteiger partial charge < -0.3 is 4.74 Å². The Morgan fingerprint density at radius 1 is 1.50 bits per heavy atom. The second kappa shape index (κ2) is 6.93. The number of ether oxygens (including phenoxy) is 1. The fourth-order valence-electron chi connectivity index (χ4n) is 2.40. The molecule has 0 bridgehead atoms. The number of nitrogens with one attached hydrogen (secondary N) is 1. The number of hydrogen-bond donors (Lipinski definition) is 1. The fraction of sp³-hybridized carbons (Fsp3) is 0.500. The molecule has 0 saturated carbocycles. The van der Waals surface area contributed by atoms with Crippen molar-refractivity contribution in [3.05, 3.63) is 29.3 Å². The minimum atomic E-state index is -0.142. The Morgan fingerprint density at radius 3 is 3.05 bits per heavy atom. The van der Waals surface area contributed by atoms with E-state index in [1.165, 1.54) is 10.5 Å². The summed E-state index contributed by atoms with van der Waals surface area (Å²) in [6.07, 6.45) is 3.03. The average molecular weight is 291 g/mol. The zero-order valence-electron chi connectivity index (χ0n) is 12.1. The third-order valence-corrected chi connectivity index (χ3v) is 4.59. The third-order valence-electron chi connectivity index (χ3n) is 3.57. The lowest BCUT2D eigenvalue weighted by molar-refractivity contribution is -0.143. The Hall–Kier alpha value is -1.29. The Kier molecular flexibility index (Phi) is 5.24. The summed E-state index contributed by atoms with van der Waals surface area (Å²) < 4.78 is 4.95. The van der Waals surface area contributed by atoms with Crippen LogP contribution in [0.5, 0.6) is 0 Å². The fourth-order valence-corrected chi connectivity index (χ4v) is 3.48. The molecule has 4 heteroatoms. The molecule has 0 fully saturated rings. The molecular weight excluding hydrogens is 270 g/mol. The number of hydrogen-bond acceptors (Lipinski definition) is 4. The molecule has 1 aromatic rings. The summed E-state index contributed by atoms with van der Waals surface area (Å²) in [4.78, 5) is 12.6. The van der Waals surface area contributed by atoms with Gasteiger partial charge in [0.25, 0.3) is 0 Å². The first-order valence-electron chi connectivity index (χ1n) is 7.14. The van der Waals surface area contributed by atoms with E-state index in [1.807, 2.05) is 6.92 Å². The van der Waals surface area contributed by atoms with Crippen molar-refractivity contribution in [1.82, 2.24) is 0 Å². The molecule has 0 aromatic heterocycles. The van der Waals surface area contributed by atoms with Crippen molar-refractivity contribution in [1.29, 1.82) is 5.41 Å². The van der Waals surface area contributed by atoms with E-state index >= 15 is 0 Å². The molecule has 0 radical (unpaired) electrons. The van der Waals surface area contributed by atoms with Crippen LogP contribution in [0, 0.1) is 5.41 Å². The predicted octanol–water partition coefficient (Wildman–Crippen LogP) is 4.15. The predicted molar refractivity (Wildman–Crippen MR) is 82.6 cm³/mol. The highest BCUT2D eigenvalue weighted by atomic mass is 32.2. The first kappa shape index (κ1) is 15.1. The quantitative estimate of drug-likeness (QED) is 0.848. The largest absolute Gasteiger partial charge is 0.466 e. The Labute approximate surface area is 124 Å². The number of rotatable bonds is 4. The van der Waals surface area contributed by atoms with Gasteiger partial charge in [0.1, 0.15) is 0 Å². The molecule has 0 amide bonds. The van der Waals surface area contributed by atoms with Crippen LogP contribution < -0.4 is 0 Å². The molecule has 1 heterocycles. The second-order valence-corrected chi connectivity index (χ2v) is 6.28. The summed E-state index contributed by atoms with van der Waals surface area (Å²) in [6.45, 7) is 4.48. The van der Waals surface area contributed by atoms with Crippen molar-refractivity contribution in [2.75, 3.05) is 6.61 Å². The number of benzene rings is 1. The first-order valence-corrected chi connectivity index (χ1v) is 7.95. The van der Waals surface area contributed by atoms with Crippen molar-refractivity contribution < 1.29 is 9.53 Å². The summed E-state index contributed by atoms with van der Waals surface area (Å²) >= 11 is 1.56. The minimum absolute atomic E-state index is 0.142. The molecule has 1 aromatic carbocycles. The van der Waals surface area contributed by atoms with Gasteiger partial charge in [-0.25, -0.2) is 0 Å². The molecule has 1 aliphatic heterocycles. The van der Waals surface area contributed by atoms with Crippen LogP contribution in [0.3, 0.4) is 0 Å². The van der Waals surface area contributed by atoms with Crippen molar-refractivity contribution in [3.63, 3.8) is 0 Å². The molecular formula is C16H21NO2S. The van der Waals surface area contributed by atoms with Gasteiger partial charge in [0.05, 0.1) is 11.7 Å². The maximum Gasteiger partial charge on any atom is 0.306 e. The van der Waals surface area contributed by atoms with Gasteiger partial charge >= 0.3 is 5.97 Å². The van der Waals surface area contributed by atoms with Crippen LogP contribution in [0.15, 0.2) is 23.1 Å². The van der Waals surface area contributed by atoms with E-state index in [4.69, 9.17) is 10.1 Å². The van der Waals surface area contributed by atoms with Crippen molar-refractivity contribution in [2.45, 2.75) is 50.3 Å². The smallest absolute Gasteiger partial charge is 0.306 e. The van der Waals surface area contributed by atoms with E-state index < -0.39 is 0 Å². The van der Waals surface area contributed by atoms with Crippen LogP contribution in [0.1, 0.15) is 50.2 Å². The van der Waals surface area contributed by atoms with Crippen LogP contribution in [0.25, 0.3) is 0 Å². The summed E-state index contributed by atoms with van der Waals surface area (Å²) in [5.74, 6) is 0.357. The van der Waals surface area contributed by atoms with E-state index in [9.17, 15) is 4.79 Å². The molecule has 108 valence electrons. The van der Waals surface area contributed by atoms with Crippen LogP contribution in [0.4, 0.5) is 0 Å². The van der Waals surface area contributed by atoms with Crippen LogP contribution >= 0.6 is 11.8 Å². The van der Waals surface area contributed by atoms with E-state index in [-0.39, 0.29) is 5.97 Å². The highest BCUT2D eigenvalue weighted by Crippen LogP contribution is 2.37. The van der Waals surface area contributed by atoms with Gasteiger partial charge in [-0.05, 0) is 49.3 Å². The Bertz CT molecular complexity index is 513. The van der Waals surface area contributed by atoms with Gasteiger partial charge in [-0.1, -0.05) is 30.8 Å². The zero-order valence-corrected chi connectivity index (χ0v) is 12.9. The molecule has 1 aliphatic rings. The van der Waals surface area contributed by atoms with Crippen LogP contribution in [-0.2, 0) is 16.0 Å².